The number of aryl methyl sites for hydroxylation is 1. The van der Waals surface area contributed by atoms with Gasteiger partial charge in [0.15, 0.2) is 10.9 Å². The van der Waals surface area contributed by atoms with Crippen LogP contribution in [0.25, 0.3) is 0 Å². The third kappa shape index (κ3) is 3.59. The molecule has 2 heterocycles. The van der Waals surface area contributed by atoms with E-state index in [0.717, 1.165) is 47.9 Å². The molecule has 1 spiro atoms. The highest BCUT2D eigenvalue weighted by molar-refractivity contribution is 7.80. The highest BCUT2D eigenvalue weighted by Crippen LogP contribution is 2.39. The number of carbonyl (C=O) groups is 1. The van der Waals surface area contributed by atoms with Crippen LogP contribution in [-0.2, 0) is 0 Å². The van der Waals surface area contributed by atoms with Gasteiger partial charge in [0, 0.05) is 32.0 Å². The van der Waals surface area contributed by atoms with Gasteiger partial charge in [-0.15, -0.1) is 0 Å². The molecule has 1 saturated heterocycles. The second-order valence-corrected chi connectivity index (χ2v) is 8.54. The van der Waals surface area contributed by atoms with E-state index < -0.39 is 0 Å². The molecule has 0 atom stereocenters. The zero-order valence-electron chi connectivity index (χ0n) is 15.6. The number of fused-ring (bicyclic) bond motifs is 1. The number of piperidine rings is 1. The summed E-state index contributed by atoms with van der Waals surface area (Å²) in [5, 5.41) is 4.44. The Bertz CT molecular complexity index is 704. The van der Waals surface area contributed by atoms with E-state index >= 15 is 0 Å². The van der Waals surface area contributed by atoms with Gasteiger partial charge in [0.2, 0.25) is 0 Å². The number of benzene rings is 1. The van der Waals surface area contributed by atoms with E-state index in [1.807, 2.05) is 25.1 Å². The van der Waals surface area contributed by atoms with E-state index in [0.29, 0.717) is 12.5 Å². The Labute approximate surface area is 161 Å². The molecule has 1 aromatic rings. The number of nitrogens with zero attached hydrogens (tertiary/aromatic N) is 1. The molecular formula is C21H28N2O2S. The fourth-order valence-electron chi connectivity index (χ4n) is 4.52. The molecule has 4 nitrogen and oxygen atoms in total. The predicted molar refractivity (Wildman–Crippen MR) is 107 cm³/mol. The van der Waals surface area contributed by atoms with E-state index in [4.69, 9.17) is 17.0 Å². The summed E-state index contributed by atoms with van der Waals surface area (Å²) in [6, 6.07) is 6.45. The monoisotopic (exact) mass is 372 g/mol. The van der Waals surface area contributed by atoms with Crippen LogP contribution < -0.4 is 10.1 Å². The second kappa shape index (κ2) is 7.18. The van der Waals surface area contributed by atoms with Crippen molar-refractivity contribution in [2.45, 2.75) is 69.9 Å². The standard InChI is InChI=1S/C21H28N2O2S/c1-15-7-8-19-17(13-15)18(24)14-21(25-19)9-11-23(12-10-21)20(26)22-16-5-3-2-4-6-16/h7-8,13,16H,2-6,9-12,14H2,1H3,(H,22,26). The minimum Gasteiger partial charge on any atom is -0.486 e. The SMILES string of the molecule is Cc1ccc2c(c1)C(=O)CC1(CCN(C(=S)NC3CCCCC3)CC1)O2. The zero-order valence-corrected chi connectivity index (χ0v) is 16.4. The number of nitrogens with one attached hydrogen (secondary N) is 1. The van der Waals surface area contributed by atoms with Gasteiger partial charge in [-0.2, -0.15) is 0 Å². The molecule has 1 saturated carbocycles. The third-order valence-corrected chi connectivity index (χ3v) is 6.52. The summed E-state index contributed by atoms with van der Waals surface area (Å²) in [4.78, 5) is 14.9. The molecule has 1 aromatic carbocycles. The van der Waals surface area contributed by atoms with Gasteiger partial charge in [0.25, 0.3) is 0 Å². The average Bonchev–Trinajstić information content (AvgIpc) is 2.64. The molecular weight excluding hydrogens is 344 g/mol. The van der Waals surface area contributed by atoms with Gasteiger partial charge >= 0.3 is 0 Å². The smallest absolute Gasteiger partial charge is 0.170 e. The molecule has 2 fully saturated rings. The number of ether oxygens (including phenoxy) is 1. The van der Waals surface area contributed by atoms with E-state index in [1.165, 1.54) is 32.1 Å². The van der Waals surface area contributed by atoms with Crippen LogP contribution in [0.15, 0.2) is 18.2 Å². The lowest BCUT2D eigenvalue weighted by Crippen LogP contribution is -2.55. The van der Waals surface area contributed by atoms with Gasteiger partial charge in [-0.3, -0.25) is 4.79 Å². The molecule has 2 aliphatic heterocycles. The molecule has 0 radical (unpaired) electrons. The number of hydrogen-bond donors (Lipinski definition) is 1. The molecule has 4 rings (SSSR count). The second-order valence-electron chi connectivity index (χ2n) is 8.16. The molecule has 0 bridgehead atoms. The third-order valence-electron chi connectivity index (χ3n) is 6.14. The fourth-order valence-corrected chi connectivity index (χ4v) is 4.87. The Hall–Kier alpha value is -1.62. The molecule has 0 unspecified atom stereocenters. The van der Waals surface area contributed by atoms with Crippen molar-refractivity contribution in [3.05, 3.63) is 29.3 Å². The summed E-state index contributed by atoms with van der Waals surface area (Å²) in [5.74, 6) is 0.967. The maximum absolute atomic E-state index is 12.7. The van der Waals surface area contributed by atoms with Crippen LogP contribution in [-0.4, -0.2) is 40.5 Å². The average molecular weight is 373 g/mol. The topological polar surface area (TPSA) is 41.6 Å². The van der Waals surface area contributed by atoms with Gasteiger partial charge in [-0.1, -0.05) is 30.9 Å². The lowest BCUT2D eigenvalue weighted by Gasteiger charge is -2.45. The maximum atomic E-state index is 12.7. The van der Waals surface area contributed by atoms with E-state index in [1.54, 1.807) is 0 Å². The first-order valence-corrected chi connectivity index (χ1v) is 10.3. The van der Waals surface area contributed by atoms with Crippen molar-refractivity contribution >= 4 is 23.1 Å². The molecule has 1 aliphatic carbocycles. The lowest BCUT2D eigenvalue weighted by molar-refractivity contribution is 0.00346. The zero-order chi connectivity index (χ0) is 18.1. The highest BCUT2D eigenvalue weighted by Gasteiger charge is 2.43. The predicted octanol–water partition coefficient (Wildman–Crippen LogP) is 4.00. The number of likely N-dealkylation sites (tertiary alicyclic amines) is 1. The van der Waals surface area contributed by atoms with Gasteiger partial charge in [0.1, 0.15) is 11.4 Å². The number of ketones is 1. The van der Waals surface area contributed by atoms with Crippen LogP contribution in [0.3, 0.4) is 0 Å². The molecule has 0 amide bonds. The molecule has 140 valence electrons. The summed E-state index contributed by atoms with van der Waals surface area (Å²) in [6.07, 6.45) is 8.59. The first-order valence-electron chi connectivity index (χ1n) is 9.93. The summed E-state index contributed by atoms with van der Waals surface area (Å²) in [6.45, 7) is 3.72. The van der Waals surface area contributed by atoms with E-state index in [9.17, 15) is 4.79 Å². The highest BCUT2D eigenvalue weighted by atomic mass is 32.1. The number of thiocarbonyl (C=S) groups is 1. The summed E-state index contributed by atoms with van der Waals surface area (Å²) < 4.78 is 6.35. The summed E-state index contributed by atoms with van der Waals surface area (Å²) in [5.41, 5.74) is 1.49. The molecule has 1 N–H and O–H groups in total. The van der Waals surface area contributed by atoms with Crippen molar-refractivity contribution in [3.63, 3.8) is 0 Å². The minimum atomic E-state index is -0.351. The van der Waals surface area contributed by atoms with Gasteiger partial charge in [0.05, 0.1) is 12.0 Å². The Morgan fingerprint density at radius 3 is 2.69 bits per heavy atom. The Morgan fingerprint density at radius 1 is 1.23 bits per heavy atom. The van der Waals surface area contributed by atoms with Gasteiger partial charge < -0.3 is 15.0 Å². The van der Waals surface area contributed by atoms with Crippen molar-refractivity contribution in [3.8, 4) is 5.75 Å². The first-order chi connectivity index (χ1) is 12.5. The van der Waals surface area contributed by atoms with Crippen molar-refractivity contribution in [2.75, 3.05) is 13.1 Å². The largest absolute Gasteiger partial charge is 0.486 e. The van der Waals surface area contributed by atoms with Crippen molar-refractivity contribution < 1.29 is 9.53 Å². The van der Waals surface area contributed by atoms with Crippen LogP contribution in [0.1, 0.15) is 67.3 Å². The molecule has 0 aromatic heterocycles. The van der Waals surface area contributed by atoms with Crippen LogP contribution >= 0.6 is 12.2 Å². The number of rotatable bonds is 1. The molecule has 3 aliphatic rings. The minimum absolute atomic E-state index is 0.214. The number of Topliss-reactive ketones (excluding diaryl/α,β-unsaturated/α-hetero) is 1. The van der Waals surface area contributed by atoms with E-state index in [-0.39, 0.29) is 11.4 Å². The first kappa shape index (κ1) is 17.8. The van der Waals surface area contributed by atoms with Crippen molar-refractivity contribution in [2.24, 2.45) is 0 Å². The Kier molecular flexibility index (Phi) is 4.91. The van der Waals surface area contributed by atoms with E-state index in [2.05, 4.69) is 10.2 Å². The normalized spacial score (nSPS) is 22.7. The van der Waals surface area contributed by atoms with Crippen LogP contribution in [0, 0.1) is 6.92 Å². The fraction of sp³-hybridized carbons (Fsp3) is 0.619. The molecule has 5 heteroatoms. The van der Waals surface area contributed by atoms with Crippen LogP contribution in [0.4, 0.5) is 0 Å². The molecule has 26 heavy (non-hydrogen) atoms. The summed E-state index contributed by atoms with van der Waals surface area (Å²) in [7, 11) is 0. The van der Waals surface area contributed by atoms with Crippen LogP contribution in [0.2, 0.25) is 0 Å². The lowest BCUT2D eigenvalue weighted by atomic mass is 9.82. The van der Waals surface area contributed by atoms with Gasteiger partial charge in [-0.05, 0) is 44.1 Å². The van der Waals surface area contributed by atoms with Crippen molar-refractivity contribution in [1.29, 1.82) is 0 Å². The Balaban J connectivity index is 1.38. The Morgan fingerprint density at radius 2 is 1.96 bits per heavy atom. The van der Waals surface area contributed by atoms with Crippen molar-refractivity contribution in [1.82, 2.24) is 10.2 Å². The van der Waals surface area contributed by atoms with Gasteiger partial charge in [-0.25, -0.2) is 0 Å². The maximum Gasteiger partial charge on any atom is 0.170 e. The number of hydrogen-bond acceptors (Lipinski definition) is 3. The number of carbonyl (C=O) groups excluding carboxylic acids is 1. The quantitative estimate of drug-likeness (QED) is 0.755. The van der Waals surface area contributed by atoms with Crippen LogP contribution in [0.5, 0.6) is 5.75 Å². The summed E-state index contributed by atoms with van der Waals surface area (Å²) >= 11 is 5.65.